The van der Waals surface area contributed by atoms with E-state index in [-0.39, 0.29) is 29.6 Å². The van der Waals surface area contributed by atoms with Gasteiger partial charge in [0.25, 0.3) is 5.91 Å². The Labute approximate surface area is 288 Å². The van der Waals surface area contributed by atoms with Gasteiger partial charge in [-0.15, -0.1) is 0 Å². The molecule has 3 aliphatic heterocycles. The van der Waals surface area contributed by atoms with E-state index in [9.17, 15) is 10.1 Å². The van der Waals surface area contributed by atoms with Gasteiger partial charge in [-0.05, 0) is 77.4 Å². The topological polar surface area (TPSA) is 136 Å². The van der Waals surface area contributed by atoms with Gasteiger partial charge >= 0.3 is 0 Å². The van der Waals surface area contributed by atoms with E-state index in [4.69, 9.17) is 9.72 Å². The first-order valence-electron chi connectivity index (χ1n) is 17.7. The normalized spacial score (nSPS) is 21.3. The highest BCUT2D eigenvalue weighted by Gasteiger charge is 2.37. The zero-order chi connectivity index (χ0) is 34.8. The van der Waals surface area contributed by atoms with Crippen LogP contribution in [-0.4, -0.2) is 81.2 Å². The molecular formula is C36H49FN10O2. The summed E-state index contributed by atoms with van der Waals surface area (Å²) in [6, 6.07) is 5.79. The minimum absolute atomic E-state index is 0.0302. The van der Waals surface area contributed by atoms with Crippen LogP contribution in [0.2, 0.25) is 0 Å². The Morgan fingerprint density at radius 1 is 1.18 bits per heavy atom. The standard InChI is InChI=1S/C36H49FN10O2/c1-7-30-33-29(18-38)41-20-46(33)31-19-40-36(44-34(31)47(30)22(4)5)43-28-17-27(37)26(16-32(28)49-6)35(48)42-23-10-13-45(24-8-11-39-12-9-24)25(15-23)14-21(2)3/h16-17,19-25,30,39H,7-15H2,1-6H3,(H,42,48)(H,40,43,44)/t23?,25-,30-/m1/s1. The summed E-state index contributed by atoms with van der Waals surface area (Å²) in [5.41, 5.74) is 2.14. The Kier molecular flexibility index (Phi) is 10.4. The maximum absolute atomic E-state index is 15.7. The summed E-state index contributed by atoms with van der Waals surface area (Å²) >= 11 is 0. The SMILES string of the molecule is CC[C@@H]1c2c(C#N)ncn2-c2cnc(Nc3cc(F)c(C(=O)NC4CCN(C5CCNCC5)[C@H](CC(C)C)C4)cc3OC)nc2N1C(C)C. The Morgan fingerprint density at radius 3 is 2.63 bits per heavy atom. The lowest BCUT2D eigenvalue weighted by Gasteiger charge is -2.46. The minimum Gasteiger partial charge on any atom is -0.495 e. The van der Waals surface area contributed by atoms with Gasteiger partial charge < -0.3 is 25.6 Å². The maximum Gasteiger partial charge on any atom is 0.254 e. The fourth-order valence-corrected chi connectivity index (χ4v) is 7.99. The van der Waals surface area contributed by atoms with Crippen LogP contribution in [-0.2, 0) is 0 Å². The van der Waals surface area contributed by atoms with Crippen molar-refractivity contribution in [2.75, 3.05) is 37.0 Å². The summed E-state index contributed by atoms with van der Waals surface area (Å²) in [5, 5.41) is 19.5. The molecule has 262 valence electrons. The third kappa shape index (κ3) is 6.94. The second-order valence-corrected chi connectivity index (χ2v) is 14.1. The van der Waals surface area contributed by atoms with Gasteiger partial charge in [-0.1, -0.05) is 20.8 Å². The van der Waals surface area contributed by atoms with E-state index in [2.05, 4.69) is 76.4 Å². The number of nitrogens with one attached hydrogen (secondary N) is 3. The van der Waals surface area contributed by atoms with Crippen molar-refractivity contribution in [2.24, 2.45) is 5.92 Å². The fourth-order valence-electron chi connectivity index (χ4n) is 7.99. The van der Waals surface area contributed by atoms with Gasteiger partial charge in [-0.3, -0.25) is 14.3 Å². The lowest BCUT2D eigenvalue weighted by Crippen LogP contribution is -2.55. The Morgan fingerprint density at radius 2 is 1.96 bits per heavy atom. The number of nitriles is 1. The number of anilines is 3. The molecule has 13 heteroatoms. The monoisotopic (exact) mass is 672 g/mol. The highest BCUT2D eigenvalue weighted by molar-refractivity contribution is 5.96. The molecule has 3 aliphatic rings. The highest BCUT2D eigenvalue weighted by Crippen LogP contribution is 2.42. The largest absolute Gasteiger partial charge is 0.495 e. The second-order valence-electron chi connectivity index (χ2n) is 14.1. The summed E-state index contributed by atoms with van der Waals surface area (Å²) < 4.78 is 23.2. The number of rotatable bonds is 10. The van der Waals surface area contributed by atoms with Gasteiger partial charge in [-0.25, -0.2) is 14.4 Å². The van der Waals surface area contributed by atoms with Crippen LogP contribution < -0.4 is 25.6 Å². The first kappa shape index (κ1) is 34.6. The molecule has 1 unspecified atom stereocenters. The van der Waals surface area contributed by atoms with Crippen LogP contribution in [0.3, 0.4) is 0 Å². The molecule has 1 amide bonds. The van der Waals surface area contributed by atoms with Crippen LogP contribution in [0.15, 0.2) is 24.7 Å². The molecule has 1 aromatic carbocycles. The van der Waals surface area contributed by atoms with Crippen molar-refractivity contribution in [1.82, 2.24) is 35.1 Å². The molecule has 0 radical (unpaired) electrons. The van der Waals surface area contributed by atoms with Crippen molar-refractivity contribution >= 4 is 23.4 Å². The Hall–Kier alpha value is -4.28. The number of carbonyl (C=O) groups is 1. The summed E-state index contributed by atoms with van der Waals surface area (Å²) in [7, 11) is 1.49. The molecule has 3 atom stereocenters. The lowest BCUT2D eigenvalue weighted by atomic mass is 9.88. The number of fused-ring (bicyclic) bond motifs is 3. The van der Waals surface area contributed by atoms with Gasteiger partial charge in [0.1, 0.15) is 29.7 Å². The number of likely N-dealkylation sites (tertiary alicyclic amines) is 1. The highest BCUT2D eigenvalue weighted by atomic mass is 19.1. The number of imidazole rings is 1. The minimum atomic E-state index is -0.661. The summed E-state index contributed by atoms with van der Waals surface area (Å²) in [5.74, 6) is 0.662. The van der Waals surface area contributed by atoms with Gasteiger partial charge in [-0.2, -0.15) is 10.2 Å². The third-order valence-corrected chi connectivity index (χ3v) is 10.2. The van der Waals surface area contributed by atoms with Crippen LogP contribution in [0, 0.1) is 23.1 Å². The van der Waals surface area contributed by atoms with Gasteiger partial charge in [0, 0.05) is 36.8 Å². The average Bonchev–Trinajstić information content (AvgIpc) is 3.52. The molecular weight excluding hydrogens is 623 g/mol. The number of ether oxygens (including phenoxy) is 1. The number of hydrogen-bond donors (Lipinski definition) is 3. The summed E-state index contributed by atoms with van der Waals surface area (Å²) in [4.78, 5) is 32.1. The zero-order valence-electron chi connectivity index (χ0n) is 29.5. The van der Waals surface area contributed by atoms with E-state index >= 15 is 4.39 Å². The molecule has 0 spiro atoms. The van der Waals surface area contributed by atoms with Crippen molar-refractivity contribution in [3.63, 3.8) is 0 Å². The third-order valence-electron chi connectivity index (χ3n) is 10.2. The molecule has 0 saturated carbocycles. The van der Waals surface area contributed by atoms with E-state index in [1.165, 1.54) is 19.2 Å². The van der Waals surface area contributed by atoms with E-state index in [1.807, 2.05) is 4.57 Å². The van der Waals surface area contributed by atoms with Crippen molar-refractivity contribution in [3.8, 4) is 17.5 Å². The lowest BCUT2D eigenvalue weighted by molar-refractivity contribution is 0.0490. The van der Waals surface area contributed by atoms with Crippen molar-refractivity contribution in [1.29, 1.82) is 5.26 Å². The summed E-state index contributed by atoms with van der Waals surface area (Å²) in [6.07, 6.45) is 9.11. The average molecular weight is 673 g/mol. The Bertz CT molecular complexity index is 1700. The van der Waals surface area contributed by atoms with Crippen LogP contribution >= 0.6 is 0 Å². The molecule has 2 fully saturated rings. The number of aromatic nitrogens is 4. The van der Waals surface area contributed by atoms with E-state index in [0.717, 1.165) is 63.9 Å². The molecule has 0 aliphatic carbocycles. The van der Waals surface area contributed by atoms with Crippen LogP contribution in [0.1, 0.15) is 101 Å². The van der Waals surface area contributed by atoms with E-state index < -0.39 is 11.7 Å². The molecule has 12 nitrogen and oxygen atoms in total. The second kappa shape index (κ2) is 14.7. The molecule has 0 bridgehead atoms. The fraction of sp³-hybridized carbons (Fsp3) is 0.583. The number of nitrogens with zero attached hydrogens (tertiary/aromatic N) is 7. The van der Waals surface area contributed by atoms with Gasteiger partial charge in [0.05, 0.1) is 36.3 Å². The van der Waals surface area contributed by atoms with E-state index in [1.54, 1.807) is 12.5 Å². The number of carbonyl (C=O) groups excluding carboxylic acids is 1. The Balaban J connectivity index is 1.21. The molecule has 2 saturated heterocycles. The number of benzene rings is 1. The first-order chi connectivity index (χ1) is 23.6. The number of hydrogen-bond acceptors (Lipinski definition) is 10. The zero-order valence-corrected chi connectivity index (χ0v) is 29.5. The number of halogens is 1. The first-order valence-corrected chi connectivity index (χ1v) is 17.7. The molecule has 3 aromatic rings. The molecule has 5 heterocycles. The van der Waals surface area contributed by atoms with Crippen LogP contribution in [0.4, 0.5) is 21.8 Å². The van der Waals surface area contributed by atoms with Gasteiger partial charge in [0.2, 0.25) is 5.95 Å². The van der Waals surface area contributed by atoms with E-state index in [0.29, 0.717) is 46.6 Å². The van der Waals surface area contributed by atoms with Crippen molar-refractivity contribution < 1.29 is 13.9 Å². The summed E-state index contributed by atoms with van der Waals surface area (Å²) in [6.45, 7) is 13.7. The predicted molar refractivity (Wildman–Crippen MR) is 187 cm³/mol. The number of piperidine rings is 2. The quantitative estimate of drug-likeness (QED) is 0.255. The smallest absolute Gasteiger partial charge is 0.254 e. The van der Waals surface area contributed by atoms with Crippen molar-refractivity contribution in [2.45, 2.75) is 103 Å². The predicted octanol–water partition coefficient (Wildman–Crippen LogP) is 5.47. The number of amides is 1. The maximum atomic E-state index is 15.7. The van der Waals surface area contributed by atoms with Crippen LogP contribution in [0.25, 0.3) is 5.69 Å². The van der Waals surface area contributed by atoms with Crippen LogP contribution in [0.5, 0.6) is 5.75 Å². The molecule has 3 N–H and O–H groups in total. The van der Waals surface area contributed by atoms with Gasteiger partial charge in [0.15, 0.2) is 11.5 Å². The number of methoxy groups -OCH3 is 1. The van der Waals surface area contributed by atoms with Crippen molar-refractivity contribution in [3.05, 3.63) is 47.4 Å². The molecule has 2 aromatic heterocycles. The molecule has 6 rings (SSSR count). The molecule has 49 heavy (non-hydrogen) atoms.